The lowest BCUT2D eigenvalue weighted by Crippen LogP contribution is -2.12. The zero-order valence-electron chi connectivity index (χ0n) is 11.1. The van der Waals surface area contributed by atoms with Gasteiger partial charge in [-0.3, -0.25) is 9.59 Å². The number of rotatable bonds is 7. The summed E-state index contributed by atoms with van der Waals surface area (Å²) in [6.07, 6.45) is 0.612. The molecule has 0 aliphatic carbocycles. The van der Waals surface area contributed by atoms with Gasteiger partial charge in [-0.15, -0.1) is 0 Å². The van der Waals surface area contributed by atoms with Crippen LogP contribution in [-0.4, -0.2) is 29.6 Å². The van der Waals surface area contributed by atoms with E-state index < -0.39 is 17.9 Å². The van der Waals surface area contributed by atoms with Crippen LogP contribution in [-0.2, 0) is 14.3 Å². The molecule has 0 aliphatic heterocycles. The highest BCUT2D eigenvalue weighted by atomic mass is 16.5. The van der Waals surface area contributed by atoms with E-state index in [-0.39, 0.29) is 24.2 Å². The first-order valence-corrected chi connectivity index (χ1v) is 6.22. The van der Waals surface area contributed by atoms with Gasteiger partial charge in [0.15, 0.2) is 0 Å². The average Bonchev–Trinajstić information content (AvgIpc) is 2.43. The molecule has 0 amide bonds. The summed E-state index contributed by atoms with van der Waals surface area (Å²) in [4.78, 5) is 33.3. The van der Waals surface area contributed by atoms with Crippen molar-refractivity contribution in [1.82, 2.24) is 0 Å². The van der Waals surface area contributed by atoms with Gasteiger partial charge in [0.1, 0.15) is 5.75 Å². The fraction of sp³-hybridized carbons (Fsp3) is 0.357. The van der Waals surface area contributed by atoms with Gasteiger partial charge < -0.3 is 14.6 Å². The molecule has 0 bridgehead atoms. The van der Waals surface area contributed by atoms with Gasteiger partial charge in [0.25, 0.3) is 0 Å². The van der Waals surface area contributed by atoms with E-state index in [9.17, 15) is 14.4 Å². The molecule has 0 spiro atoms. The molecule has 1 N–H and O–H groups in total. The number of carboxylic acid groups (broad SMARTS) is 1. The van der Waals surface area contributed by atoms with Gasteiger partial charge in [0.05, 0.1) is 25.0 Å². The van der Waals surface area contributed by atoms with Gasteiger partial charge in [0, 0.05) is 0 Å². The van der Waals surface area contributed by atoms with Crippen molar-refractivity contribution in [2.45, 2.75) is 26.2 Å². The Morgan fingerprint density at radius 3 is 2.20 bits per heavy atom. The normalized spacial score (nSPS) is 9.85. The molecule has 6 heteroatoms. The Bertz CT molecular complexity index is 477. The lowest BCUT2D eigenvalue weighted by atomic mass is 10.2. The summed E-state index contributed by atoms with van der Waals surface area (Å²) < 4.78 is 9.79. The summed E-state index contributed by atoms with van der Waals surface area (Å²) in [5, 5.41) is 8.71. The number of carbonyl (C=O) groups excluding carboxylic acids is 2. The third-order valence-electron chi connectivity index (χ3n) is 2.33. The average molecular weight is 280 g/mol. The Balaban J connectivity index is 2.38. The summed E-state index contributed by atoms with van der Waals surface area (Å²) in [6, 6.07) is 5.44. The van der Waals surface area contributed by atoms with E-state index in [1.807, 2.05) is 6.92 Å². The summed E-state index contributed by atoms with van der Waals surface area (Å²) in [5.41, 5.74) is 0.105. The van der Waals surface area contributed by atoms with Crippen molar-refractivity contribution in [3.8, 4) is 5.75 Å². The Kier molecular flexibility index (Phi) is 6.22. The van der Waals surface area contributed by atoms with Crippen molar-refractivity contribution < 1.29 is 29.0 Å². The van der Waals surface area contributed by atoms with Crippen molar-refractivity contribution >= 4 is 17.9 Å². The van der Waals surface area contributed by atoms with Crippen molar-refractivity contribution in [2.24, 2.45) is 0 Å². The van der Waals surface area contributed by atoms with E-state index in [1.54, 1.807) is 0 Å². The molecule has 1 rings (SSSR count). The van der Waals surface area contributed by atoms with E-state index in [2.05, 4.69) is 0 Å². The number of hydrogen-bond donors (Lipinski definition) is 1. The van der Waals surface area contributed by atoms with E-state index in [0.717, 1.165) is 6.42 Å². The minimum absolute atomic E-state index is 0.0357. The van der Waals surface area contributed by atoms with Crippen molar-refractivity contribution in [2.75, 3.05) is 6.61 Å². The third kappa shape index (κ3) is 5.51. The van der Waals surface area contributed by atoms with Gasteiger partial charge in [-0.1, -0.05) is 6.92 Å². The summed E-state index contributed by atoms with van der Waals surface area (Å²) in [6.45, 7) is 2.22. The quantitative estimate of drug-likeness (QED) is 0.607. The zero-order chi connectivity index (χ0) is 15.0. The number of benzene rings is 1. The van der Waals surface area contributed by atoms with Crippen LogP contribution in [0.15, 0.2) is 24.3 Å². The minimum Gasteiger partial charge on any atom is -0.478 e. The maximum Gasteiger partial charge on any atom is 0.335 e. The van der Waals surface area contributed by atoms with E-state index in [1.165, 1.54) is 24.3 Å². The zero-order valence-corrected chi connectivity index (χ0v) is 11.1. The lowest BCUT2D eigenvalue weighted by Gasteiger charge is -2.05. The molecule has 0 saturated heterocycles. The van der Waals surface area contributed by atoms with Crippen LogP contribution in [0.1, 0.15) is 36.5 Å². The van der Waals surface area contributed by atoms with Crippen molar-refractivity contribution in [3.05, 3.63) is 29.8 Å². The van der Waals surface area contributed by atoms with E-state index >= 15 is 0 Å². The molecule has 1 aromatic carbocycles. The van der Waals surface area contributed by atoms with Gasteiger partial charge in [-0.2, -0.15) is 0 Å². The molecule has 108 valence electrons. The van der Waals surface area contributed by atoms with Crippen LogP contribution >= 0.6 is 0 Å². The monoisotopic (exact) mass is 280 g/mol. The largest absolute Gasteiger partial charge is 0.478 e. The van der Waals surface area contributed by atoms with Crippen LogP contribution < -0.4 is 4.74 Å². The van der Waals surface area contributed by atoms with Gasteiger partial charge in [-0.05, 0) is 30.7 Å². The molecule has 0 heterocycles. The first-order valence-electron chi connectivity index (χ1n) is 6.22. The maximum absolute atomic E-state index is 11.5. The first kappa shape index (κ1) is 15.7. The summed E-state index contributed by atoms with van der Waals surface area (Å²) in [5.74, 6) is -1.82. The summed E-state index contributed by atoms with van der Waals surface area (Å²) >= 11 is 0. The third-order valence-corrected chi connectivity index (χ3v) is 2.33. The predicted molar refractivity (Wildman–Crippen MR) is 69.5 cm³/mol. The molecule has 20 heavy (non-hydrogen) atoms. The van der Waals surface area contributed by atoms with Gasteiger partial charge in [-0.25, -0.2) is 4.79 Å². The first-order chi connectivity index (χ1) is 9.52. The van der Waals surface area contributed by atoms with Crippen molar-refractivity contribution in [1.29, 1.82) is 0 Å². The molecule has 0 unspecified atom stereocenters. The number of ether oxygens (including phenoxy) is 2. The fourth-order valence-electron chi connectivity index (χ4n) is 1.34. The van der Waals surface area contributed by atoms with E-state index in [0.29, 0.717) is 6.61 Å². The highest BCUT2D eigenvalue weighted by Crippen LogP contribution is 2.13. The van der Waals surface area contributed by atoms with Crippen LogP contribution in [0.5, 0.6) is 5.75 Å². The second-order valence-electron chi connectivity index (χ2n) is 4.02. The maximum atomic E-state index is 11.5. The Labute approximate surface area is 116 Å². The number of aromatic carboxylic acids is 1. The van der Waals surface area contributed by atoms with Crippen molar-refractivity contribution in [3.63, 3.8) is 0 Å². The molecule has 0 fully saturated rings. The number of hydrogen-bond acceptors (Lipinski definition) is 5. The number of carboxylic acids is 1. The lowest BCUT2D eigenvalue weighted by molar-refractivity contribution is -0.146. The Hall–Kier alpha value is -2.37. The Morgan fingerprint density at radius 1 is 1.05 bits per heavy atom. The van der Waals surface area contributed by atoms with Crippen LogP contribution in [0.2, 0.25) is 0 Å². The van der Waals surface area contributed by atoms with Gasteiger partial charge in [0.2, 0.25) is 0 Å². The highest BCUT2D eigenvalue weighted by Gasteiger charge is 2.10. The Morgan fingerprint density at radius 2 is 1.65 bits per heavy atom. The second kappa shape index (κ2) is 7.93. The second-order valence-corrected chi connectivity index (χ2v) is 4.02. The minimum atomic E-state index is -1.05. The summed E-state index contributed by atoms with van der Waals surface area (Å²) in [7, 11) is 0. The standard InChI is InChI=1S/C14H16O6/c1-2-9-19-12(15)7-8-13(16)20-11-5-3-10(4-6-11)14(17)18/h3-6H,2,7-9H2,1H3,(H,17,18). The molecule has 0 aromatic heterocycles. The molecule has 0 saturated carbocycles. The molecule has 1 aromatic rings. The molecular formula is C14H16O6. The fourth-order valence-corrected chi connectivity index (χ4v) is 1.34. The number of esters is 2. The van der Waals surface area contributed by atoms with Crippen LogP contribution in [0, 0.1) is 0 Å². The van der Waals surface area contributed by atoms with Crippen LogP contribution in [0.3, 0.4) is 0 Å². The highest BCUT2D eigenvalue weighted by molar-refractivity contribution is 5.87. The van der Waals surface area contributed by atoms with Gasteiger partial charge >= 0.3 is 17.9 Å². The molecule has 0 aliphatic rings. The van der Waals surface area contributed by atoms with Crippen LogP contribution in [0.4, 0.5) is 0 Å². The van der Waals surface area contributed by atoms with E-state index in [4.69, 9.17) is 14.6 Å². The topological polar surface area (TPSA) is 89.9 Å². The molecule has 6 nitrogen and oxygen atoms in total. The molecular weight excluding hydrogens is 264 g/mol. The number of carbonyl (C=O) groups is 3. The molecule has 0 atom stereocenters. The SMILES string of the molecule is CCCOC(=O)CCC(=O)Oc1ccc(C(=O)O)cc1. The smallest absolute Gasteiger partial charge is 0.335 e. The predicted octanol–water partition coefficient (Wildman–Crippen LogP) is 2.02. The molecule has 0 radical (unpaired) electrons. The van der Waals surface area contributed by atoms with Crippen LogP contribution in [0.25, 0.3) is 0 Å².